The molecule has 2 N–H and O–H groups in total. The van der Waals surface area contributed by atoms with E-state index in [9.17, 15) is 14.0 Å². The summed E-state index contributed by atoms with van der Waals surface area (Å²) in [4.78, 5) is 25.3. The first kappa shape index (κ1) is 20.4. The van der Waals surface area contributed by atoms with Crippen LogP contribution in [-0.4, -0.2) is 24.7 Å². The predicted molar refractivity (Wildman–Crippen MR) is 113 cm³/mol. The van der Waals surface area contributed by atoms with E-state index in [1.807, 2.05) is 12.1 Å². The molecule has 0 aliphatic carbocycles. The highest BCUT2D eigenvalue weighted by Crippen LogP contribution is 2.23. The van der Waals surface area contributed by atoms with Crippen LogP contribution < -0.4 is 15.4 Å². The van der Waals surface area contributed by atoms with Crippen LogP contribution in [-0.2, 0) is 4.79 Å². The SMILES string of the molecule is COc1ccc(C(=O)Nc2cccc(SCC(=O)Nc3ccc(F)cc3)c2)cc1. The summed E-state index contributed by atoms with van der Waals surface area (Å²) in [5.74, 6) is 0.0793. The molecule has 3 aromatic carbocycles. The van der Waals surface area contributed by atoms with Crippen molar-refractivity contribution in [2.24, 2.45) is 0 Å². The third-order valence-corrected chi connectivity index (χ3v) is 4.94. The summed E-state index contributed by atoms with van der Waals surface area (Å²) in [5.41, 5.74) is 1.69. The zero-order valence-electron chi connectivity index (χ0n) is 15.6. The molecule has 5 nitrogen and oxygen atoms in total. The van der Waals surface area contributed by atoms with Gasteiger partial charge in [0.2, 0.25) is 5.91 Å². The summed E-state index contributed by atoms with van der Waals surface area (Å²) in [7, 11) is 1.57. The van der Waals surface area contributed by atoms with Gasteiger partial charge in [-0.1, -0.05) is 6.07 Å². The average molecular weight is 410 g/mol. The number of nitrogens with one attached hydrogen (secondary N) is 2. The minimum absolute atomic E-state index is 0.188. The number of thioether (sulfide) groups is 1. The number of hydrogen-bond acceptors (Lipinski definition) is 4. The van der Waals surface area contributed by atoms with Crippen molar-refractivity contribution in [3.05, 3.63) is 84.2 Å². The van der Waals surface area contributed by atoms with Crippen molar-refractivity contribution in [1.82, 2.24) is 0 Å². The second-order valence-corrected chi connectivity index (χ2v) is 7.10. The largest absolute Gasteiger partial charge is 0.497 e. The van der Waals surface area contributed by atoms with Crippen LogP contribution in [0.1, 0.15) is 10.4 Å². The summed E-state index contributed by atoms with van der Waals surface area (Å²) in [6.07, 6.45) is 0. The number of carbonyl (C=O) groups excluding carboxylic acids is 2. The van der Waals surface area contributed by atoms with E-state index in [0.29, 0.717) is 22.7 Å². The first-order chi connectivity index (χ1) is 14.0. The fourth-order valence-corrected chi connectivity index (χ4v) is 3.24. The Balaban J connectivity index is 1.55. The van der Waals surface area contributed by atoms with Gasteiger partial charge in [-0.25, -0.2) is 4.39 Å². The Morgan fingerprint density at radius 3 is 2.34 bits per heavy atom. The number of anilines is 2. The van der Waals surface area contributed by atoms with Gasteiger partial charge in [0.05, 0.1) is 12.9 Å². The van der Waals surface area contributed by atoms with Crippen LogP contribution in [0, 0.1) is 5.82 Å². The van der Waals surface area contributed by atoms with Crippen LogP contribution in [0.5, 0.6) is 5.75 Å². The minimum Gasteiger partial charge on any atom is -0.497 e. The zero-order chi connectivity index (χ0) is 20.6. The number of benzene rings is 3. The van der Waals surface area contributed by atoms with Crippen LogP contribution >= 0.6 is 11.8 Å². The number of amides is 2. The van der Waals surface area contributed by atoms with Crippen molar-refractivity contribution in [2.45, 2.75) is 4.90 Å². The molecule has 29 heavy (non-hydrogen) atoms. The van der Waals surface area contributed by atoms with Gasteiger partial charge in [-0.2, -0.15) is 0 Å². The van der Waals surface area contributed by atoms with E-state index in [4.69, 9.17) is 4.74 Å². The normalized spacial score (nSPS) is 10.3. The first-order valence-corrected chi connectivity index (χ1v) is 9.76. The summed E-state index contributed by atoms with van der Waals surface area (Å²) in [6, 6.07) is 19.7. The summed E-state index contributed by atoms with van der Waals surface area (Å²) in [6.45, 7) is 0. The Hall–Kier alpha value is -3.32. The van der Waals surface area contributed by atoms with Crippen molar-refractivity contribution in [3.63, 3.8) is 0 Å². The van der Waals surface area contributed by atoms with E-state index in [1.165, 1.54) is 36.0 Å². The van der Waals surface area contributed by atoms with Crippen molar-refractivity contribution in [1.29, 1.82) is 0 Å². The highest BCUT2D eigenvalue weighted by atomic mass is 32.2. The van der Waals surface area contributed by atoms with Gasteiger partial charge in [-0.15, -0.1) is 11.8 Å². The Bertz CT molecular complexity index is 992. The van der Waals surface area contributed by atoms with Gasteiger partial charge >= 0.3 is 0 Å². The van der Waals surface area contributed by atoms with Crippen molar-refractivity contribution in [2.75, 3.05) is 23.5 Å². The molecule has 0 bridgehead atoms. The lowest BCUT2D eigenvalue weighted by Crippen LogP contribution is -2.14. The molecule has 0 heterocycles. The fraction of sp³-hybridized carbons (Fsp3) is 0.0909. The molecule has 0 radical (unpaired) electrons. The lowest BCUT2D eigenvalue weighted by atomic mass is 10.2. The zero-order valence-corrected chi connectivity index (χ0v) is 16.5. The van der Waals surface area contributed by atoms with Crippen LogP contribution in [0.15, 0.2) is 77.7 Å². The molecule has 148 valence electrons. The molecule has 0 spiro atoms. The van der Waals surface area contributed by atoms with Gasteiger partial charge in [-0.3, -0.25) is 9.59 Å². The van der Waals surface area contributed by atoms with Crippen molar-refractivity contribution < 1.29 is 18.7 Å². The third kappa shape index (κ3) is 6.08. The van der Waals surface area contributed by atoms with E-state index in [1.54, 1.807) is 43.5 Å². The maximum atomic E-state index is 12.9. The molecule has 2 amide bonds. The van der Waals surface area contributed by atoms with E-state index in [-0.39, 0.29) is 23.4 Å². The lowest BCUT2D eigenvalue weighted by molar-refractivity contribution is -0.113. The van der Waals surface area contributed by atoms with E-state index >= 15 is 0 Å². The first-order valence-electron chi connectivity index (χ1n) is 8.77. The molecule has 0 saturated heterocycles. The fourth-order valence-electron chi connectivity index (χ4n) is 2.49. The van der Waals surface area contributed by atoms with Crippen molar-refractivity contribution in [3.8, 4) is 5.75 Å². The standard InChI is InChI=1S/C22H19FN2O3S/c1-28-19-11-5-15(6-12-19)22(27)25-18-3-2-4-20(13-18)29-14-21(26)24-17-9-7-16(23)8-10-17/h2-13H,14H2,1H3,(H,24,26)(H,25,27). The second kappa shape index (κ2) is 9.75. The quantitative estimate of drug-likeness (QED) is 0.548. The molecular weight excluding hydrogens is 391 g/mol. The smallest absolute Gasteiger partial charge is 0.255 e. The van der Waals surface area contributed by atoms with Crippen LogP contribution in [0.3, 0.4) is 0 Å². The highest BCUT2D eigenvalue weighted by Gasteiger charge is 2.08. The summed E-state index contributed by atoms with van der Waals surface area (Å²) < 4.78 is 18.0. The summed E-state index contributed by atoms with van der Waals surface area (Å²) in [5, 5.41) is 5.55. The predicted octanol–water partition coefficient (Wildman–Crippen LogP) is 4.82. The highest BCUT2D eigenvalue weighted by molar-refractivity contribution is 8.00. The van der Waals surface area contributed by atoms with Crippen LogP contribution in [0.25, 0.3) is 0 Å². The van der Waals surface area contributed by atoms with Gasteiger partial charge in [0.25, 0.3) is 5.91 Å². The molecule has 0 unspecified atom stereocenters. The minimum atomic E-state index is -0.356. The van der Waals surface area contributed by atoms with Gasteiger partial charge in [0.15, 0.2) is 0 Å². The molecule has 7 heteroatoms. The van der Waals surface area contributed by atoms with Gasteiger partial charge < -0.3 is 15.4 Å². The molecule has 3 aromatic rings. The number of hydrogen-bond donors (Lipinski definition) is 2. The molecule has 0 fully saturated rings. The number of halogens is 1. The Labute approximate surface area is 172 Å². The molecule has 0 saturated carbocycles. The maximum absolute atomic E-state index is 12.9. The Morgan fingerprint density at radius 1 is 0.931 bits per heavy atom. The Morgan fingerprint density at radius 2 is 1.66 bits per heavy atom. The number of carbonyl (C=O) groups is 2. The monoisotopic (exact) mass is 410 g/mol. The van der Waals surface area contributed by atoms with Crippen LogP contribution in [0.2, 0.25) is 0 Å². The lowest BCUT2D eigenvalue weighted by Gasteiger charge is -2.08. The topological polar surface area (TPSA) is 67.4 Å². The van der Waals surface area contributed by atoms with E-state index in [0.717, 1.165) is 4.90 Å². The molecular formula is C22H19FN2O3S. The van der Waals surface area contributed by atoms with E-state index in [2.05, 4.69) is 10.6 Å². The average Bonchev–Trinajstić information content (AvgIpc) is 2.74. The summed E-state index contributed by atoms with van der Waals surface area (Å²) >= 11 is 1.34. The van der Waals surface area contributed by atoms with Gasteiger partial charge in [0.1, 0.15) is 11.6 Å². The molecule has 0 aliphatic rings. The molecule has 0 aliphatic heterocycles. The molecule has 0 atom stereocenters. The number of methoxy groups -OCH3 is 1. The Kier molecular flexibility index (Phi) is 6.86. The van der Waals surface area contributed by atoms with Gasteiger partial charge in [0, 0.05) is 21.8 Å². The second-order valence-electron chi connectivity index (χ2n) is 6.05. The number of ether oxygens (including phenoxy) is 1. The van der Waals surface area contributed by atoms with Crippen LogP contribution in [0.4, 0.5) is 15.8 Å². The number of rotatable bonds is 7. The molecule has 3 rings (SSSR count). The van der Waals surface area contributed by atoms with E-state index < -0.39 is 0 Å². The maximum Gasteiger partial charge on any atom is 0.255 e. The van der Waals surface area contributed by atoms with Gasteiger partial charge in [-0.05, 0) is 66.7 Å². The molecule has 0 aromatic heterocycles. The third-order valence-electron chi connectivity index (χ3n) is 3.94. The van der Waals surface area contributed by atoms with Crippen molar-refractivity contribution >= 4 is 35.0 Å².